The van der Waals surface area contributed by atoms with Gasteiger partial charge in [-0.1, -0.05) is 24.3 Å². The van der Waals surface area contributed by atoms with Crippen LogP contribution in [0.3, 0.4) is 0 Å². The van der Waals surface area contributed by atoms with E-state index in [-0.39, 0.29) is 5.91 Å². The summed E-state index contributed by atoms with van der Waals surface area (Å²) in [5.41, 5.74) is 4.41. The van der Waals surface area contributed by atoms with E-state index in [0.717, 1.165) is 37.3 Å². The van der Waals surface area contributed by atoms with Crippen LogP contribution in [0.5, 0.6) is 17.2 Å². The largest absolute Gasteiger partial charge is 0.493 e. The van der Waals surface area contributed by atoms with Crippen molar-refractivity contribution < 1.29 is 19.0 Å². The summed E-state index contributed by atoms with van der Waals surface area (Å²) >= 11 is 0. The number of ether oxygens (including phenoxy) is 3. The van der Waals surface area contributed by atoms with Crippen LogP contribution < -0.4 is 24.4 Å². The molecule has 7 nitrogen and oxygen atoms in total. The molecule has 1 saturated heterocycles. The molecule has 1 fully saturated rings. The van der Waals surface area contributed by atoms with E-state index in [2.05, 4.69) is 46.4 Å². The highest BCUT2D eigenvalue weighted by atomic mass is 16.5. The highest BCUT2D eigenvalue weighted by Crippen LogP contribution is 2.40. The molecule has 1 amide bonds. The molecule has 4 rings (SSSR count). The number of methoxy groups -OCH3 is 3. The van der Waals surface area contributed by atoms with Gasteiger partial charge in [0.1, 0.15) is 0 Å². The Bertz CT molecular complexity index is 1110. The van der Waals surface area contributed by atoms with Crippen molar-refractivity contribution >= 4 is 17.3 Å². The lowest BCUT2D eigenvalue weighted by Crippen LogP contribution is -2.44. The summed E-state index contributed by atoms with van der Waals surface area (Å²) < 4.78 is 16.1. The second-order valence-electron chi connectivity index (χ2n) is 8.29. The molecule has 1 N–H and O–H groups in total. The third-order valence-electron chi connectivity index (χ3n) is 6.12. The highest BCUT2D eigenvalue weighted by Gasteiger charge is 2.16. The van der Waals surface area contributed by atoms with Gasteiger partial charge in [0, 0.05) is 55.2 Å². The lowest BCUT2D eigenvalue weighted by molar-refractivity contribution is 0.102. The minimum absolute atomic E-state index is 0.217. The van der Waals surface area contributed by atoms with Gasteiger partial charge in [0.15, 0.2) is 11.5 Å². The number of amides is 1. The number of likely N-dealkylation sites (N-methyl/N-ethyl adjacent to an activating group) is 1. The molecule has 0 atom stereocenters. The van der Waals surface area contributed by atoms with Crippen LogP contribution in [-0.2, 0) is 0 Å². The average Bonchev–Trinajstić information content (AvgIpc) is 2.88. The van der Waals surface area contributed by atoms with E-state index in [0.29, 0.717) is 28.5 Å². The highest BCUT2D eigenvalue weighted by molar-refractivity contribution is 6.05. The quantitative estimate of drug-likeness (QED) is 0.563. The first-order valence-electron chi connectivity index (χ1n) is 11.3. The minimum Gasteiger partial charge on any atom is -0.493 e. The Labute approximate surface area is 200 Å². The van der Waals surface area contributed by atoms with Crippen LogP contribution in [0, 0.1) is 0 Å². The zero-order valence-corrected chi connectivity index (χ0v) is 20.1. The van der Waals surface area contributed by atoms with Crippen LogP contribution in [0.15, 0.2) is 60.7 Å². The second kappa shape index (κ2) is 10.5. The molecular weight excluding hydrogens is 430 g/mol. The molecule has 1 aliphatic heterocycles. The topological polar surface area (TPSA) is 63.3 Å². The molecule has 1 aliphatic rings. The third-order valence-corrected chi connectivity index (χ3v) is 6.12. The Hall–Kier alpha value is -3.71. The van der Waals surface area contributed by atoms with Crippen LogP contribution in [0.25, 0.3) is 11.1 Å². The molecule has 3 aromatic carbocycles. The van der Waals surface area contributed by atoms with Crippen molar-refractivity contribution in [2.45, 2.75) is 0 Å². The van der Waals surface area contributed by atoms with Gasteiger partial charge in [0.2, 0.25) is 5.75 Å². The van der Waals surface area contributed by atoms with Crippen molar-refractivity contribution in [2.75, 3.05) is 64.8 Å². The fraction of sp³-hybridized carbons (Fsp3) is 0.296. The van der Waals surface area contributed by atoms with E-state index in [1.807, 2.05) is 18.2 Å². The Morgan fingerprint density at radius 1 is 0.794 bits per heavy atom. The van der Waals surface area contributed by atoms with E-state index < -0.39 is 0 Å². The van der Waals surface area contributed by atoms with E-state index in [1.165, 1.54) is 5.69 Å². The predicted molar refractivity (Wildman–Crippen MR) is 136 cm³/mol. The first kappa shape index (κ1) is 23.4. The molecule has 0 unspecified atom stereocenters. The van der Waals surface area contributed by atoms with E-state index in [1.54, 1.807) is 39.5 Å². The standard InChI is InChI=1S/C27H31N3O4/c1-29-12-14-30(15-13-29)23-10-8-19(9-11-23)20-6-5-7-21(16-20)27(31)28-22-17-24(32-2)26(34-4)25(18-22)33-3/h5-11,16-18H,12-15H2,1-4H3,(H,28,31). The van der Waals surface area contributed by atoms with E-state index >= 15 is 0 Å². The van der Waals surface area contributed by atoms with Crippen LogP contribution >= 0.6 is 0 Å². The van der Waals surface area contributed by atoms with Gasteiger partial charge in [-0.25, -0.2) is 0 Å². The predicted octanol–water partition coefficient (Wildman–Crippen LogP) is 4.38. The van der Waals surface area contributed by atoms with Gasteiger partial charge >= 0.3 is 0 Å². The van der Waals surface area contributed by atoms with Gasteiger partial charge in [0.25, 0.3) is 5.91 Å². The Morgan fingerprint density at radius 2 is 1.44 bits per heavy atom. The molecule has 0 bridgehead atoms. The zero-order chi connectivity index (χ0) is 24.1. The number of piperazine rings is 1. The number of anilines is 2. The number of nitrogens with one attached hydrogen (secondary N) is 1. The molecular formula is C27H31N3O4. The molecule has 3 aromatic rings. The fourth-order valence-electron chi connectivity index (χ4n) is 4.13. The van der Waals surface area contributed by atoms with E-state index in [4.69, 9.17) is 14.2 Å². The van der Waals surface area contributed by atoms with E-state index in [9.17, 15) is 4.79 Å². The fourth-order valence-corrected chi connectivity index (χ4v) is 4.13. The Balaban J connectivity index is 1.51. The number of rotatable bonds is 7. The van der Waals surface area contributed by atoms with Gasteiger partial charge < -0.3 is 29.3 Å². The monoisotopic (exact) mass is 461 g/mol. The SMILES string of the molecule is COc1cc(NC(=O)c2cccc(-c3ccc(N4CCN(C)CC4)cc3)c2)cc(OC)c1OC. The third kappa shape index (κ3) is 5.10. The summed E-state index contributed by atoms with van der Waals surface area (Å²) in [4.78, 5) is 17.8. The molecule has 0 aliphatic carbocycles. The maximum Gasteiger partial charge on any atom is 0.255 e. The molecule has 0 aromatic heterocycles. The first-order chi connectivity index (χ1) is 16.5. The molecule has 1 heterocycles. The Kier molecular flexibility index (Phi) is 7.23. The molecule has 0 spiro atoms. The van der Waals surface area contributed by atoms with Crippen LogP contribution in [0.1, 0.15) is 10.4 Å². The zero-order valence-electron chi connectivity index (χ0n) is 20.1. The summed E-state index contributed by atoms with van der Waals surface area (Å²) in [5.74, 6) is 1.22. The summed E-state index contributed by atoms with van der Waals surface area (Å²) in [5, 5.41) is 2.93. The van der Waals surface area contributed by atoms with Crippen molar-refractivity contribution in [1.29, 1.82) is 0 Å². The summed E-state index contributed by atoms with van der Waals surface area (Å²) in [6.07, 6.45) is 0. The normalized spacial score (nSPS) is 13.9. The minimum atomic E-state index is -0.217. The maximum atomic E-state index is 13.0. The molecule has 178 valence electrons. The van der Waals surface area contributed by atoms with Gasteiger partial charge in [-0.05, 0) is 42.4 Å². The molecule has 34 heavy (non-hydrogen) atoms. The van der Waals surface area contributed by atoms with Crippen LogP contribution in [-0.4, -0.2) is 65.4 Å². The lowest BCUT2D eigenvalue weighted by atomic mass is 10.0. The molecule has 0 saturated carbocycles. The maximum absolute atomic E-state index is 13.0. The summed E-state index contributed by atoms with van der Waals surface area (Å²) in [6.45, 7) is 4.22. The molecule has 7 heteroatoms. The second-order valence-corrected chi connectivity index (χ2v) is 8.29. The van der Waals surface area contributed by atoms with Crippen molar-refractivity contribution in [3.63, 3.8) is 0 Å². The first-order valence-corrected chi connectivity index (χ1v) is 11.3. The van der Waals surface area contributed by atoms with Gasteiger partial charge in [0.05, 0.1) is 21.3 Å². The number of nitrogens with zero attached hydrogens (tertiary/aromatic N) is 2. The van der Waals surface area contributed by atoms with Crippen molar-refractivity contribution in [2.24, 2.45) is 0 Å². The van der Waals surface area contributed by atoms with Crippen molar-refractivity contribution in [3.05, 3.63) is 66.2 Å². The van der Waals surface area contributed by atoms with Crippen molar-refractivity contribution in [1.82, 2.24) is 4.90 Å². The lowest BCUT2D eigenvalue weighted by Gasteiger charge is -2.34. The number of hydrogen-bond donors (Lipinski definition) is 1. The van der Waals surface area contributed by atoms with Crippen molar-refractivity contribution in [3.8, 4) is 28.4 Å². The molecule has 0 radical (unpaired) electrons. The summed E-state index contributed by atoms with van der Waals surface area (Å²) in [6, 6.07) is 19.6. The average molecular weight is 462 g/mol. The van der Waals surface area contributed by atoms with Crippen LogP contribution in [0.4, 0.5) is 11.4 Å². The number of carbonyl (C=O) groups is 1. The van der Waals surface area contributed by atoms with Gasteiger partial charge in [-0.3, -0.25) is 4.79 Å². The van der Waals surface area contributed by atoms with Gasteiger partial charge in [-0.2, -0.15) is 0 Å². The summed E-state index contributed by atoms with van der Waals surface area (Å²) in [7, 11) is 6.79. The Morgan fingerprint density at radius 3 is 2.03 bits per heavy atom. The van der Waals surface area contributed by atoms with Gasteiger partial charge in [-0.15, -0.1) is 0 Å². The van der Waals surface area contributed by atoms with Crippen LogP contribution in [0.2, 0.25) is 0 Å². The number of hydrogen-bond acceptors (Lipinski definition) is 6. The number of carbonyl (C=O) groups excluding carboxylic acids is 1. The number of benzene rings is 3. The smallest absolute Gasteiger partial charge is 0.255 e.